The highest BCUT2D eigenvalue weighted by molar-refractivity contribution is 6.05. The summed E-state index contributed by atoms with van der Waals surface area (Å²) in [6.07, 6.45) is 0. The summed E-state index contributed by atoms with van der Waals surface area (Å²) >= 11 is 0. The lowest BCUT2D eigenvalue weighted by atomic mass is 10.1. The van der Waals surface area contributed by atoms with E-state index in [0.717, 1.165) is 16.8 Å². The van der Waals surface area contributed by atoms with Crippen LogP contribution < -0.4 is 5.32 Å². The fraction of sp³-hybridized carbons (Fsp3) is 0.286. The van der Waals surface area contributed by atoms with Gasteiger partial charge in [0, 0.05) is 23.9 Å². The molecule has 100 valence electrons. The van der Waals surface area contributed by atoms with Gasteiger partial charge in [-0.3, -0.25) is 9.89 Å². The molecule has 0 spiro atoms. The minimum atomic E-state index is -0.178. The van der Waals surface area contributed by atoms with Crippen molar-refractivity contribution in [2.45, 2.75) is 20.5 Å². The van der Waals surface area contributed by atoms with Gasteiger partial charge in [0.25, 0.3) is 5.91 Å². The molecule has 2 aromatic rings. The minimum Gasteiger partial charge on any atom is -0.380 e. The highest BCUT2D eigenvalue weighted by Crippen LogP contribution is 2.17. The van der Waals surface area contributed by atoms with Crippen LogP contribution in [0.1, 0.15) is 27.2 Å². The first-order valence-electron chi connectivity index (χ1n) is 6.03. The number of hydrogen-bond acceptors (Lipinski definition) is 3. The number of anilines is 1. The Morgan fingerprint density at radius 2 is 2.11 bits per heavy atom. The quantitative estimate of drug-likeness (QED) is 0.886. The summed E-state index contributed by atoms with van der Waals surface area (Å²) in [5, 5.41) is 9.72. The molecule has 0 radical (unpaired) electrons. The molecular formula is C14H17N3O2. The molecule has 1 amide bonds. The van der Waals surface area contributed by atoms with Crippen LogP contribution in [-0.2, 0) is 11.3 Å². The molecule has 0 saturated carbocycles. The number of nitrogens with one attached hydrogen (secondary N) is 2. The van der Waals surface area contributed by atoms with E-state index in [1.165, 1.54) is 0 Å². The monoisotopic (exact) mass is 259 g/mol. The lowest BCUT2D eigenvalue weighted by Gasteiger charge is -2.08. The standard InChI is InChI=1S/C14H17N3O2/c1-9-10(2)16-17-13(9)15-14(18)12-7-5-4-6-11(12)8-19-3/h4-7H,8H2,1-3H3,(H2,15,16,17,18). The average molecular weight is 259 g/mol. The Hall–Kier alpha value is -2.14. The number of hydrogen-bond donors (Lipinski definition) is 2. The van der Waals surface area contributed by atoms with Crippen molar-refractivity contribution in [2.75, 3.05) is 12.4 Å². The van der Waals surface area contributed by atoms with Gasteiger partial charge in [-0.25, -0.2) is 0 Å². The number of methoxy groups -OCH3 is 1. The van der Waals surface area contributed by atoms with Crippen LogP contribution in [0.2, 0.25) is 0 Å². The van der Waals surface area contributed by atoms with E-state index in [9.17, 15) is 4.79 Å². The molecule has 0 fully saturated rings. The molecule has 1 heterocycles. The van der Waals surface area contributed by atoms with Crippen molar-refractivity contribution in [3.8, 4) is 0 Å². The average Bonchev–Trinajstić information content (AvgIpc) is 2.72. The third-order valence-electron chi connectivity index (χ3n) is 3.05. The number of rotatable bonds is 4. The van der Waals surface area contributed by atoms with Crippen LogP contribution in [-0.4, -0.2) is 23.2 Å². The fourth-order valence-corrected chi connectivity index (χ4v) is 1.80. The van der Waals surface area contributed by atoms with Gasteiger partial charge in [0.2, 0.25) is 0 Å². The molecule has 0 saturated heterocycles. The van der Waals surface area contributed by atoms with Crippen LogP contribution in [0.15, 0.2) is 24.3 Å². The number of ether oxygens (including phenoxy) is 1. The summed E-state index contributed by atoms with van der Waals surface area (Å²) in [7, 11) is 1.61. The molecule has 19 heavy (non-hydrogen) atoms. The SMILES string of the molecule is COCc1ccccc1C(=O)Nc1n[nH]c(C)c1C. The van der Waals surface area contributed by atoms with E-state index in [1.54, 1.807) is 13.2 Å². The van der Waals surface area contributed by atoms with Crippen LogP contribution in [0.3, 0.4) is 0 Å². The summed E-state index contributed by atoms with van der Waals surface area (Å²) in [6.45, 7) is 4.23. The molecule has 0 aliphatic carbocycles. The lowest BCUT2D eigenvalue weighted by molar-refractivity contribution is 0.102. The Morgan fingerprint density at radius 3 is 2.74 bits per heavy atom. The van der Waals surface area contributed by atoms with Crippen molar-refractivity contribution in [3.63, 3.8) is 0 Å². The molecule has 2 N–H and O–H groups in total. The molecular weight excluding hydrogens is 242 g/mol. The molecule has 5 heteroatoms. The van der Waals surface area contributed by atoms with Gasteiger partial charge < -0.3 is 10.1 Å². The minimum absolute atomic E-state index is 0.178. The second-order valence-electron chi connectivity index (χ2n) is 4.37. The van der Waals surface area contributed by atoms with E-state index in [4.69, 9.17) is 4.74 Å². The Bertz CT molecular complexity index is 590. The Balaban J connectivity index is 2.23. The number of amides is 1. The molecule has 2 rings (SSSR count). The largest absolute Gasteiger partial charge is 0.380 e. The molecule has 0 atom stereocenters. The van der Waals surface area contributed by atoms with Crippen LogP contribution in [0, 0.1) is 13.8 Å². The number of benzene rings is 1. The first-order chi connectivity index (χ1) is 9.13. The van der Waals surface area contributed by atoms with Crippen LogP contribution >= 0.6 is 0 Å². The van der Waals surface area contributed by atoms with Crippen molar-refractivity contribution < 1.29 is 9.53 Å². The third kappa shape index (κ3) is 2.82. The fourth-order valence-electron chi connectivity index (χ4n) is 1.80. The van der Waals surface area contributed by atoms with Crippen LogP contribution in [0.25, 0.3) is 0 Å². The smallest absolute Gasteiger partial charge is 0.257 e. The summed E-state index contributed by atoms with van der Waals surface area (Å²) in [4.78, 5) is 12.3. The molecule has 0 bridgehead atoms. The van der Waals surface area contributed by atoms with Gasteiger partial charge in [0.15, 0.2) is 5.82 Å². The highest BCUT2D eigenvalue weighted by atomic mass is 16.5. The van der Waals surface area contributed by atoms with E-state index in [1.807, 2.05) is 32.0 Å². The molecule has 1 aromatic heterocycles. The summed E-state index contributed by atoms with van der Waals surface area (Å²) in [5.74, 6) is 0.386. The highest BCUT2D eigenvalue weighted by Gasteiger charge is 2.14. The number of nitrogens with zero attached hydrogens (tertiary/aromatic N) is 1. The van der Waals surface area contributed by atoms with Crippen molar-refractivity contribution >= 4 is 11.7 Å². The summed E-state index contributed by atoms with van der Waals surface area (Å²) < 4.78 is 5.09. The number of aromatic amines is 1. The Kier molecular flexibility index (Phi) is 3.97. The first-order valence-corrected chi connectivity index (χ1v) is 6.03. The number of H-pyrrole nitrogens is 1. The van der Waals surface area contributed by atoms with Gasteiger partial charge in [-0.1, -0.05) is 18.2 Å². The zero-order valence-electron chi connectivity index (χ0n) is 11.3. The van der Waals surface area contributed by atoms with Gasteiger partial charge >= 0.3 is 0 Å². The number of carbonyl (C=O) groups is 1. The maximum atomic E-state index is 12.3. The van der Waals surface area contributed by atoms with Crippen molar-refractivity contribution in [1.29, 1.82) is 0 Å². The van der Waals surface area contributed by atoms with Gasteiger partial charge in [0.1, 0.15) is 0 Å². The first kappa shape index (κ1) is 13.3. The van der Waals surface area contributed by atoms with E-state index < -0.39 is 0 Å². The predicted molar refractivity (Wildman–Crippen MR) is 73.2 cm³/mol. The van der Waals surface area contributed by atoms with Crippen LogP contribution in [0.4, 0.5) is 5.82 Å². The van der Waals surface area contributed by atoms with Gasteiger partial charge in [-0.05, 0) is 25.5 Å². The maximum Gasteiger partial charge on any atom is 0.257 e. The topological polar surface area (TPSA) is 67.0 Å². The van der Waals surface area contributed by atoms with E-state index in [2.05, 4.69) is 15.5 Å². The van der Waals surface area contributed by atoms with Gasteiger partial charge in [-0.2, -0.15) is 5.10 Å². The molecule has 0 aliphatic heterocycles. The Morgan fingerprint density at radius 1 is 1.37 bits per heavy atom. The normalized spacial score (nSPS) is 10.5. The van der Waals surface area contributed by atoms with Gasteiger partial charge in [-0.15, -0.1) is 0 Å². The molecule has 0 unspecified atom stereocenters. The zero-order valence-corrected chi connectivity index (χ0v) is 11.3. The Labute approximate surface area is 112 Å². The second-order valence-corrected chi connectivity index (χ2v) is 4.37. The zero-order chi connectivity index (χ0) is 13.8. The maximum absolute atomic E-state index is 12.3. The molecule has 5 nitrogen and oxygen atoms in total. The van der Waals surface area contributed by atoms with Crippen molar-refractivity contribution in [3.05, 3.63) is 46.6 Å². The molecule has 0 aliphatic rings. The lowest BCUT2D eigenvalue weighted by Crippen LogP contribution is -2.15. The molecule has 1 aromatic carbocycles. The summed E-state index contributed by atoms with van der Waals surface area (Å²) in [6, 6.07) is 7.37. The van der Waals surface area contributed by atoms with E-state index in [-0.39, 0.29) is 5.91 Å². The number of aromatic nitrogens is 2. The third-order valence-corrected chi connectivity index (χ3v) is 3.05. The van der Waals surface area contributed by atoms with E-state index >= 15 is 0 Å². The summed E-state index contributed by atoms with van der Waals surface area (Å²) in [5.41, 5.74) is 3.34. The number of aryl methyl sites for hydroxylation is 1. The van der Waals surface area contributed by atoms with Crippen LogP contribution in [0.5, 0.6) is 0 Å². The second kappa shape index (κ2) is 5.67. The van der Waals surface area contributed by atoms with Crippen molar-refractivity contribution in [1.82, 2.24) is 10.2 Å². The van der Waals surface area contributed by atoms with E-state index in [0.29, 0.717) is 18.0 Å². The van der Waals surface area contributed by atoms with Gasteiger partial charge in [0.05, 0.1) is 6.61 Å². The van der Waals surface area contributed by atoms with Crippen molar-refractivity contribution in [2.24, 2.45) is 0 Å². The predicted octanol–water partition coefficient (Wildman–Crippen LogP) is 2.43. The number of carbonyl (C=O) groups excluding carboxylic acids is 1.